The zero-order valence-corrected chi connectivity index (χ0v) is 11.9. The molecule has 1 fully saturated rings. The molecule has 0 radical (unpaired) electrons. The van der Waals surface area contributed by atoms with E-state index < -0.39 is 12.4 Å². The molecule has 0 spiro atoms. The van der Waals surface area contributed by atoms with Crippen molar-refractivity contribution in [3.8, 4) is 11.5 Å². The third-order valence-corrected chi connectivity index (χ3v) is 3.37. The minimum absolute atomic E-state index is 0. The summed E-state index contributed by atoms with van der Waals surface area (Å²) in [6, 6.07) is 2.82. The van der Waals surface area contributed by atoms with E-state index in [0.29, 0.717) is 26.1 Å². The van der Waals surface area contributed by atoms with Crippen molar-refractivity contribution < 1.29 is 27.8 Å². The minimum Gasteiger partial charge on any atom is -0.508 e. The molecule has 1 atom stereocenters. The molecule has 0 aliphatic carbocycles. The van der Waals surface area contributed by atoms with Gasteiger partial charge in [-0.3, -0.25) is 0 Å². The Morgan fingerprint density at radius 1 is 1.29 bits per heavy atom. The lowest BCUT2D eigenvalue weighted by molar-refractivity contribution is -0.274. The molecule has 0 saturated carbocycles. The number of rotatable bonds is 3. The van der Waals surface area contributed by atoms with Gasteiger partial charge in [0, 0.05) is 24.8 Å². The maximum Gasteiger partial charge on any atom is 0.573 e. The normalized spacial score (nSPS) is 17.9. The van der Waals surface area contributed by atoms with E-state index in [2.05, 4.69) is 4.74 Å². The Kier molecular flexibility index (Phi) is 6.12. The Morgan fingerprint density at radius 3 is 2.48 bits per heavy atom. The van der Waals surface area contributed by atoms with Gasteiger partial charge in [-0.2, -0.15) is 0 Å². The molecule has 0 unspecified atom stereocenters. The van der Waals surface area contributed by atoms with Crippen LogP contribution in [0.3, 0.4) is 0 Å². The third kappa shape index (κ3) is 4.94. The molecule has 1 aliphatic rings. The second kappa shape index (κ2) is 7.20. The number of hydrogen-bond donors (Lipinski definition) is 2. The highest BCUT2D eigenvalue weighted by molar-refractivity contribution is 5.85. The highest BCUT2D eigenvalue weighted by atomic mass is 35.5. The predicted octanol–water partition coefficient (Wildman–Crippen LogP) is 3.14. The van der Waals surface area contributed by atoms with E-state index in [-0.39, 0.29) is 35.4 Å². The molecule has 1 aromatic carbocycles. The Morgan fingerprint density at radius 2 is 1.90 bits per heavy atom. The van der Waals surface area contributed by atoms with E-state index in [1.165, 1.54) is 0 Å². The van der Waals surface area contributed by atoms with Crippen LogP contribution in [-0.2, 0) is 4.74 Å². The van der Waals surface area contributed by atoms with Crippen molar-refractivity contribution in [3.63, 3.8) is 0 Å². The van der Waals surface area contributed by atoms with E-state index in [1.807, 2.05) is 0 Å². The first-order chi connectivity index (χ1) is 9.37. The molecule has 1 aliphatic heterocycles. The Labute approximate surface area is 126 Å². The summed E-state index contributed by atoms with van der Waals surface area (Å²) in [5.41, 5.74) is 6.31. The second-order valence-electron chi connectivity index (χ2n) is 4.74. The monoisotopic (exact) mass is 327 g/mol. The van der Waals surface area contributed by atoms with Crippen LogP contribution in [0, 0.1) is 5.92 Å². The predicted molar refractivity (Wildman–Crippen MR) is 72.5 cm³/mol. The topological polar surface area (TPSA) is 64.7 Å². The molecule has 1 heterocycles. The summed E-state index contributed by atoms with van der Waals surface area (Å²) in [5, 5.41) is 9.79. The Bertz CT molecular complexity index is 464. The number of nitrogens with two attached hydrogens (primary N) is 1. The van der Waals surface area contributed by atoms with Crippen LogP contribution in [0.1, 0.15) is 24.4 Å². The van der Waals surface area contributed by atoms with Crippen LogP contribution in [0.15, 0.2) is 18.2 Å². The largest absolute Gasteiger partial charge is 0.573 e. The number of hydrogen-bond acceptors (Lipinski definition) is 4. The standard InChI is InChI=1S/C13H16F3NO3.ClH/c14-13(15,16)20-9-1-2-11(18)10(7-9)12(17)8-3-5-19-6-4-8;/h1-2,7-8,12,18H,3-6,17H2;1H/t12-;/m1./s1. The van der Waals surface area contributed by atoms with Gasteiger partial charge >= 0.3 is 6.36 Å². The molecular weight excluding hydrogens is 311 g/mol. The van der Waals surface area contributed by atoms with Gasteiger partial charge in [-0.15, -0.1) is 25.6 Å². The first-order valence-corrected chi connectivity index (χ1v) is 6.29. The smallest absolute Gasteiger partial charge is 0.508 e. The van der Waals surface area contributed by atoms with Crippen molar-refractivity contribution in [2.24, 2.45) is 11.7 Å². The van der Waals surface area contributed by atoms with Gasteiger partial charge in [0.05, 0.1) is 0 Å². The molecule has 0 aromatic heterocycles. The lowest BCUT2D eigenvalue weighted by Gasteiger charge is -2.28. The van der Waals surface area contributed by atoms with Crippen molar-refractivity contribution in [1.29, 1.82) is 0 Å². The first kappa shape index (κ1) is 17.9. The summed E-state index contributed by atoms with van der Waals surface area (Å²) < 4.78 is 45.6. The van der Waals surface area contributed by atoms with Gasteiger partial charge in [-0.1, -0.05) is 0 Å². The second-order valence-corrected chi connectivity index (χ2v) is 4.74. The van der Waals surface area contributed by atoms with Gasteiger partial charge < -0.3 is 20.3 Å². The van der Waals surface area contributed by atoms with Crippen molar-refractivity contribution in [2.45, 2.75) is 25.2 Å². The van der Waals surface area contributed by atoms with Crippen LogP contribution in [-0.4, -0.2) is 24.7 Å². The fourth-order valence-corrected chi connectivity index (χ4v) is 2.33. The molecular formula is C13H17ClF3NO3. The summed E-state index contributed by atoms with van der Waals surface area (Å²) >= 11 is 0. The number of halogens is 4. The molecule has 4 nitrogen and oxygen atoms in total. The van der Waals surface area contributed by atoms with Gasteiger partial charge in [-0.05, 0) is 37.0 Å². The lowest BCUT2D eigenvalue weighted by atomic mass is 9.87. The summed E-state index contributed by atoms with van der Waals surface area (Å²) in [7, 11) is 0. The fourth-order valence-electron chi connectivity index (χ4n) is 2.33. The zero-order chi connectivity index (χ0) is 14.8. The van der Waals surface area contributed by atoms with Crippen molar-refractivity contribution in [3.05, 3.63) is 23.8 Å². The number of benzene rings is 1. The summed E-state index contributed by atoms with van der Waals surface area (Å²) in [5.74, 6) is -0.442. The van der Waals surface area contributed by atoms with E-state index in [0.717, 1.165) is 18.2 Å². The molecule has 21 heavy (non-hydrogen) atoms. The van der Waals surface area contributed by atoms with Gasteiger partial charge in [0.1, 0.15) is 11.5 Å². The highest BCUT2D eigenvalue weighted by Gasteiger charge is 2.32. The number of phenolic OH excluding ortho intramolecular Hbond substituents is 1. The van der Waals surface area contributed by atoms with E-state index in [1.54, 1.807) is 0 Å². The van der Waals surface area contributed by atoms with Gasteiger partial charge in [-0.25, -0.2) is 0 Å². The number of alkyl halides is 3. The highest BCUT2D eigenvalue weighted by Crippen LogP contribution is 2.36. The average Bonchev–Trinajstić information content (AvgIpc) is 2.40. The maximum absolute atomic E-state index is 12.2. The van der Waals surface area contributed by atoms with Crippen molar-refractivity contribution in [2.75, 3.05) is 13.2 Å². The molecule has 2 rings (SSSR count). The molecule has 120 valence electrons. The maximum atomic E-state index is 12.2. The molecule has 0 bridgehead atoms. The van der Waals surface area contributed by atoms with Gasteiger partial charge in [0.2, 0.25) is 0 Å². The quantitative estimate of drug-likeness (QED) is 0.895. The molecule has 1 saturated heterocycles. The van der Waals surface area contributed by atoms with E-state index >= 15 is 0 Å². The van der Waals surface area contributed by atoms with Crippen molar-refractivity contribution >= 4 is 12.4 Å². The van der Waals surface area contributed by atoms with Crippen molar-refractivity contribution in [1.82, 2.24) is 0 Å². The first-order valence-electron chi connectivity index (χ1n) is 6.29. The molecule has 8 heteroatoms. The van der Waals surface area contributed by atoms with Crippen LogP contribution in [0.4, 0.5) is 13.2 Å². The average molecular weight is 328 g/mol. The molecule has 3 N–H and O–H groups in total. The number of aromatic hydroxyl groups is 1. The summed E-state index contributed by atoms with van der Waals surface area (Å²) in [6.07, 6.45) is -3.34. The van der Waals surface area contributed by atoms with Crippen LogP contribution < -0.4 is 10.5 Å². The molecule has 1 aromatic rings. The zero-order valence-electron chi connectivity index (χ0n) is 11.1. The summed E-state index contributed by atoms with van der Waals surface area (Å²) in [6.45, 7) is 1.13. The van der Waals surface area contributed by atoms with E-state index in [9.17, 15) is 18.3 Å². The third-order valence-electron chi connectivity index (χ3n) is 3.37. The van der Waals surface area contributed by atoms with Crippen LogP contribution >= 0.6 is 12.4 Å². The van der Waals surface area contributed by atoms with Gasteiger partial charge in [0.25, 0.3) is 0 Å². The Balaban J connectivity index is 0.00000220. The van der Waals surface area contributed by atoms with Crippen LogP contribution in [0.2, 0.25) is 0 Å². The summed E-state index contributed by atoms with van der Waals surface area (Å²) in [4.78, 5) is 0. The minimum atomic E-state index is -4.77. The van der Waals surface area contributed by atoms with Crippen LogP contribution in [0.25, 0.3) is 0 Å². The Hall–Kier alpha value is -1.18. The van der Waals surface area contributed by atoms with Crippen LogP contribution in [0.5, 0.6) is 11.5 Å². The fraction of sp³-hybridized carbons (Fsp3) is 0.538. The lowest BCUT2D eigenvalue weighted by Crippen LogP contribution is -2.27. The molecule has 0 amide bonds. The number of phenols is 1. The number of ether oxygens (including phenoxy) is 2. The van der Waals surface area contributed by atoms with Gasteiger partial charge in [0.15, 0.2) is 0 Å². The SMILES string of the molecule is Cl.N[C@@H](c1cc(OC(F)(F)F)ccc1O)C1CCOCC1. The van der Waals surface area contributed by atoms with E-state index in [4.69, 9.17) is 10.5 Å².